The molecule has 4 nitrogen and oxygen atoms in total. The summed E-state index contributed by atoms with van der Waals surface area (Å²) in [5.41, 5.74) is 1.49. The number of rotatable bonds is 4. The SMILES string of the molecule is CC(C)Cn1cc(C=O)c(C2CCCO2)n1. The Hall–Kier alpha value is -1.16. The van der Waals surface area contributed by atoms with Crippen molar-refractivity contribution in [2.45, 2.75) is 39.3 Å². The van der Waals surface area contributed by atoms with Crippen molar-refractivity contribution in [2.24, 2.45) is 5.92 Å². The zero-order valence-electron chi connectivity index (χ0n) is 9.85. The van der Waals surface area contributed by atoms with E-state index in [2.05, 4.69) is 18.9 Å². The minimum Gasteiger partial charge on any atom is -0.372 e. The molecule has 0 N–H and O–H groups in total. The van der Waals surface area contributed by atoms with E-state index in [0.29, 0.717) is 11.5 Å². The maximum absolute atomic E-state index is 11.0. The van der Waals surface area contributed by atoms with Crippen molar-refractivity contribution in [1.82, 2.24) is 9.78 Å². The van der Waals surface area contributed by atoms with E-state index in [1.54, 1.807) is 0 Å². The van der Waals surface area contributed by atoms with E-state index in [1.165, 1.54) is 0 Å². The lowest BCUT2D eigenvalue weighted by molar-refractivity contribution is 0.103. The Morgan fingerprint density at radius 3 is 3.06 bits per heavy atom. The molecule has 2 rings (SSSR count). The summed E-state index contributed by atoms with van der Waals surface area (Å²) in [6.07, 6.45) is 4.75. The molecular weight excluding hydrogens is 204 g/mol. The van der Waals surface area contributed by atoms with Crippen LogP contribution in [-0.4, -0.2) is 22.7 Å². The van der Waals surface area contributed by atoms with Crippen molar-refractivity contribution in [1.29, 1.82) is 0 Å². The van der Waals surface area contributed by atoms with Crippen LogP contribution < -0.4 is 0 Å². The van der Waals surface area contributed by atoms with Crippen molar-refractivity contribution in [3.05, 3.63) is 17.5 Å². The zero-order valence-corrected chi connectivity index (χ0v) is 9.85. The van der Waals surface area contributed by atoms with Gasteiger partial charge in [0.15, 0.2) is 6.29 Å². The monoisotopic (exact) mass is 222 g/mol. The molecule has 1 fully saturated rings. The van der Waals surface area contributed by atoms with E-state index in [0.717, 1.165) is 38.0 Å². The van der Waals surface area contributed by atoms with Gasteiger partial charge in [-0.3, -0.25) is 9.48 Å². The Labute approximate surface area is 95.6 Å². The number of carbonyl (C=O) groups excluding carboxylic acids is 1. The van der Waals surface area contributed by atoms with Gasteiger partial charge in [-0.25, -0.2) is 0 Å². The van der Waals surface area contributed by atoms with E-state index >= 15 is 0 Å². The molecule has 1 aliphatic heterocycles. The first-order valence-electron chi connectivity index (χ1n) is 5.85. The van der Waals surface area contributed by atoms with E-state index < -0.39 is 0 Å². The predicted molar refractivity (Wildman–Crippen MR) is 60.4 cm³/mol. The zero-order chi connectivity index (χ0) is 11.5. The van der Waals surface area contributed by atoms with Gasteiger partial charge in [0, 0.05) is 19.3 Å². The molecule has 0 saturated carbocycles. The van der Waals surface area contributed by atoms with Crippen LogP contribution in [-0.2, 0) is 11.3 Å². The molecule has 1 atom stereocenters. The molecule has 88 valence electrons. The van der Waals surface area contributed by atoms with Gasteiger partial charge in [-0.05, 0) is 18.8 Å². The highest BCUT2D eigenvalue weighted by molar-refractivity contribution is 5.76. The largest absolute Gasteiger partial charge is 0.372 e. The molecule has 1 aliphatic rings. The molecule has 1 saturated heterocycles. The summed E-state index contributed by atoms with van der Waals surface area (Å²) in [7, 11) is 0. The van der Waals surface area contributed by atoms with Crippen LogP contribution in [0.15, 0.2) is 6.20 Å². The minimum atomic E-state index is 0.0219. The molecule has 1 aromatic rings. The van der Waals surface area contributed by atoms with Crippen LogP contribution in [0.4, 0.5) is 0 Å². The highest BCUT2D eigenvalue weighted by atomic mass is 16.5. The first-order valence-corrected chi connectivity index (χ1v) is 5.85. The number of hydrogen-bond donors (Lipinski definition) is 0. The predicted octanol–water partition coefficient (Wildman–Crippen LogP) is 2.20. The number of hydrogen-bond acceptors (Lipinski definition) is 3. The second-order valence-electron chi connectivity index (χ2n) is 4.71. The van der Waals surface area contributed by atoms with Crippen molar-refractivity contribution in [3.8, 4) is 0 Å². The highest BCUT2D eigenvalue weighted by Gasteiger charge is 2.23. The quantitative estimate of drug-likeness (QED) is 0.733. The summed E-state index contributed by atoms with van der Waals surface area (Å²) in [5, 5.41) is 4.46. The van der Waals surface area contributed by atoms with Crippen LogP contribution in [0.25, 0.3) is 0 Å². The molecule has 0 bridgehead atoms. The van der Waals surface area contributed by atoms with Gasteiger partial charge >= 0.3 is 0 Å². The molecule has 0 aromatic carbocycles. The molecule has 0 amide bonds. The van der Waals surface area contributed by atoms with Crippen molar-refractivity contribution in [2.75, 3.05) is 6.61 Å². The van der Waals surface area contributed by atoms with Crippen molar-refractivity contribution in [3.63, 3.8) is 0 Å². The fourth-order valence-corrected chi connectivity index (χ4v) is 2.05. The molecule has 4 heteroatoms. The molecule has 2 heterocycles. The van der Waals surface area contributed by atoms with E-state index in [-0.39, 0.29) is 6.10 Å². The van der Waals surface area contributed by atoms with Crippen LogP contribution >= 0.6 is 0 Å². The average Bonchev–Trinajstić information content (AvgIpc) is 2.83. The lowest BCUT2D eigenvalue weighted by Gasteiger charge is -2.07. The van der Waals surface area contributed by atoms with Crippen LogP contribution in [0.1, 0.15) is 48.8 Å². The Morgan fingerprint density at radius 1 is 1.69 bits per heavy atom. The number of aldehydes is 1. The van der Waals surface area contributed by atoms with Crippen LogP contribution in [0, 0.1) is 5.92 Å². The molecule has 1 aromatic heterocycles. The second kappa shape index (κ2) is 4.78. The fourth-order valence-electron chi connectivity index (χ4n) is 2.05. The Balaban J connectivity index is 2.21. The first-order chi connectivity index (χ1) is 7.70. The van der Waals surface area contributed by atoms with Gasteiger partial charge in [0.1, 0.15) is 11.8 Å². The minimum absolute atomic E-state index is 0.0219. The summed E-state index contributed by atoms with van der Waals surface area (Å²) in [4.78, 5) is 11.0. The van der Waals surface area contributed by atoms with Crippen LogP contribution in [0.5, 0.6) is 0 Å². The van der Waals surface area contributed by atoms with E-state index in [1.807, 2.05) is 10.9 Å². The Kier molecular flexibility index (Phi) is 3.39. The highest BCUT2D eigenvalue weighted by Crippen LogP contribution is 2.29. The Morgan fingerprint density at radius 2 is 2.50 bits per heavy atom. The van der Waals surface area contributed by atoms with E-state index in [4.69, 9.17) is 4.74 Å². The molecule has 1 unspecified atom stereocenters. The van der Waals surface area contributed by atoms with Gasteiger partial charge in [0.05, 0.1) is 5.56 Å². The number of ether oxygens (including phenoxy) is 1. The summed E-state index contributed by atoms with van der Waals surface area (Å²) in [5.74, 6) is 0.525. The van der Waals surface area contributed by atoms with E-state index in [9.17, 15) is 4.79 Å². The summed E-state index contributed by atoms with van der Waals surface area (Å²) in [6.45, 7) is 5.88. The Bertz CT molecular complexity index is 365. The molecule has 16 heavy (non-hydrogen) atoms. The number of aromatic nitrogens is 2. The van der Waals surface area contributed by atoms with Gasteiger partial charge in [-0.2, -0.15) is 5.10 Å². The lowest BCUT2D eigenvalue weighted by Crippen LogP contribution is -2.06. The third kappa shape index (κ3) is 2.32. The van der Waals surface area contributed by atoms with Crippen molar-refractivity contribution < 1.29 is 9.53 Å². The summed E-state index contributed by atoms with van der Waals surface area (Å²) >= 11 is 0. The number of carbonyl (C=O) groups is 1. The third-order valence-corrected chi connectivity index (χ3v) is 2.73. The normalized spacial score (nSPS) is 20.6. The summed E-state index contributed by atoms with van der Waals surface area (Å²) in [6, 6.07) is 0. The van der Waals surface area contributed by atoms with Gasteiger partial charge in [-0.1, -0.05) is 13.8 Å². The van der Waals surface area contributed by atoms with Gasteiger partial charge in [-0.15, -0.1) is 0 Å². The molecule has 0 spiro atoms. The molecule has 0 aliphatic carbocycles. The maximum atomic E-state index is 11.0. The van der Waals surface area contributed by atoms with Gasteiger partial charge in [0.25, 0.3) is 0 Å². The lowest BCUT2D eigenvalue weighted by atomic mass is 10.1. The second-order valence-corrected chi connectivity index (χ2v) is 4.71. The first kappa shape index (κ1) is 11.3. The van der Waals surface area contributed by atoms with Gasteiger partial charge in [0.2, 0.25) is 0 Å². The molecular formula is C12H18N2O2. The average molecular weight is 222 g/mol. The third-order valence-electron chi connectivity index (χ3n) is 2.73. The molecule has 0 radical (unpaired) electrons. The maximum Gasteiger partial charge on any atom is 0.153 e. The number of nitrogens with zero attached hydrogens (tertiary/aromatic N) is 2. The van der Waals surface area contributed by atoms with Crippen LogP contribution in [0.2, 0.25) is 0 Å². The topological polar surface area (TPSA) is 44.1 Å². The summed E-state index contributed by atoms with van der Waals surface area (Å²) < 4.78 is 7.42. The smallest absolute Gasteiger partial charge is 0.153 e. The standard InChI is InChI=1S/C12H18N2O2/c1-9(2)6-14-7-10(8-15)12(13-14)11-4-3-5-16-11/h7-9,11H,3-6H2,1-2H3. The van der Waals surface area contributed by atoms with Crippen LogP contribution in [0.3, 0.4) is 0 Å². The van der Waals surface area contributed by atoms with Crippen molar-refractivity contribution >= 4 is 6.29 Å². The fraction of sp³-hybridized carbons (Fsp3) is 0.667. The van der Waals surface area contributed by atoms with Gasteiger partial charge < -0.3 is 4.74 Å².